The number of para-hydroxylation sites is 1. The standard InChI is InChI=1S/C16H23N3S/c1-12(2)10-17-11-15-13(3)18-19(16(15)20-4)14-8-6-5-7-9-14/h5-9,12,17H,10-11H2,1-4H3. The monoisotopic (exact) mass is 289 g/mol. The molecule has 0 unspecified atom stereocenters. The third-order valence-corrected chi connectivity index (χ3v) is 3.99. The maximum absolute atomic E-state index is 4.71. The van der Waals surface area contributed by atoms with Gasteiger partial charge in [0.15, 0.2) is 0 Å². The van der Waals surface area contributed by atoms with Crippen molar-refractivity contribution < 1.29 is 0 Å². The molecule has 0 spiro atoms. The fourth-order valence-electron chi connectivity index (χ4n) is 2.18. The van der Waals surface area contributed by atoms with Crippen LogP contribution in [0.2, 0.25) is 0 Å². The summed E-state index contributed by atoms with van der Waals surface area (Å²) in [7, 11) is 0. The van der Waals surface area contributed by atoms with Gasteiger partial charge in [0.25, 0.3) is 0 Å². The Balaban J connectivity index is 2.27. The van der Waals surface area contributed by atoms with Gasteiger partial charge in [-0.1, -0.05) is 32.0 Å². The molecular formula is C16H23N3S. The van der Waals surface area contributed by atoms with Crippen molar-refractivity contribution in [2.75, 3.05) is 12.8 Å². The average Bonchev–Trinajstić information content (AvgIpc) is 2.76. The number of nitrogens with one attached hydrogen (secondary N) is 1. The van der Waals surface area contributed by atoms with Crippen LogP contribution >= 0.6 is 11.8 Å². The van der Waals surface area contributed by atoms with E-state index in [-0.39, 0.29) is 0 Å². The number of hydrogen-bond acceptors (Lipinski definition) is 3. The zero-order valence-electron chi connectivity index (χ0n) is 12.7. The third-order valence-electron chi connectivity index (χ3n) is 3.19. The lowest BCUT2D eigenvalue weighted by Crippen LogP contribution is -2.19. The molecule has 1 N–H and O–H groups in total. The van der Waals surface area contributed by atoms with Crippen molar-refractivity contribution in [3.8, 4) is 5.69 Å². The lowest BCUT2D eigenvalue weighted by Gasteiger charge is -2.09. The molecule has 1 heterocycles. The van der Waals surface area contributed by atoms with Crippen LogP contribution in [0.5, 0.6) is 0 Å². The van der Waals surface area contributed by atoms with Crippen molar-refractivity contribution in [1.82, 2.24) is 15.1 Å². The molecule has 0 aliphatic heterocycles. The number of nitrogens with zero attached hydrogens (tertiary/aromatic N) is 2. The maximum atomic E-state index is 4.71. The van der Waals surface area contributed by atoms with Gasteiger partial charge in [-0.15, -0.1) is 11.8 Å². The normalized spacial score (nSPS) is 11.2. The number of rotatable bonds is 6. The van der Waals surface area contributed by atoms with Crippen LogP contribution in [0.1, 0.15) is 25.1 Å². The average molecular weight is 289 g/mol. The summed E-state index contributed by atoms with van der Waals surface area (Å²) in [5.74, 6) is 0.664. The van der Waals surface area contributed by atoms with E-state index >= 15 is 0 Å². The molecule has 20 heavy (non-hydrogen) atoms. The summed E-state index contributed by atoms with van der Waals surface area (Å²) in [5, 5.41) is 9.45. The highest BCUT2D eigenvalue weighted by Crippen LogP contribution is 2.26. The van der Waals surface area contributed by atoms with E-state index in [0.717, 1.165) is 24.5 Å². The Morgan fingerprint density at radius 3 is 2.55 bits per heavy atom. The van der Waals surface area contributed by atoms with E-state index in [1.54, 1.807) is 11.8 Å². The number of aryl methyl sites for hydroxylation is 1. The van der Waals surface area contributed by atoms with E-state index in [2.05, 4.69) is 44.5 Å². The molecule has 0 fully saturated rings. The summed E-state index contributed by atoms with van der Waals surface area (Å²) in [4.78, 5) is 0. The van der Waals surface area contributed by atoms with Gasteiger partial charge in [-0.2, -0.15) is 5.10 Å². The van der Waals surface area contributed by atoms with E-state index in [1.807, 2.05) is 22.9 Å². The highest BCUT2D eigenvalue weighted by Gasteiger charge is 2.15. The summed E-state index contributed by atoms with van der Waals surface area (Å²) in [6, 6.07) is 10.3. The van der Waals surface area contributed by atoms with Gasteiger partial charge in [0.05, 0.1) is 11.4 Å². The first kappa shape index (κ1) is 15.1. The predicted octanol–water partition coefficient (Wildman–Crippen LogP) is 3.65. The molecule has 0 saturated carbocycles. The minimum atomic E-state index is 0.664. The second-order valence-electron chi connectivity index (χ2n) is 5.35. The smallest absolute Gasteiger partial charge is 0.104 e. The fourth-order valence-corrected chi connectivity index (χ4v) is 2.97. The second-order valence-corrected chi connectivity index (χ2v) is 6.14. The topological polar surface area (TPSA) is 29.9 Å². The zero-order valence-corrected chi connectivity index (χ0v) is 13.5. The summed E-state index contributed by atoms with van der Waals surface area (Å²) in [6.07, 6.45) is 2.11. The molecule has 0 radical (unpaired) electrons. The van der Waals surface area contributed by atoms with Crippen LogP contribution in [-0.2, 0) is 6.54 Å². The van der Waals surface area contributed by atoms with Crippen molar-refractivity contribution >= 4 is 11.8 Å². The molecule has 0 bridgehead atoms. The summed E-state index contributed by atoms with van der Waals surface area (Å²) < 4.78 is 2.05. The van der Waals surface area contributed by atoms with Gasteiger partial charge in [0.1, 0.15) is 5.03 Å². The van der Waals surface area contributed by atoms with E-state index < -0.39 is 0 Å². The van der Waals surface area contributed by atoms with Crippen LogP contribution in [0.15, 0.2) is 35.4 Å². The summed E-state index contributed by atoms with van der Waals surface area (Å²) in [5.41, 5.74) is 3.53. The van der Waals surface area contributed by atoms with Gasteiger partial charge in [-0.3, -0.25) is 0 Å². The minimum absolute atomic E-state index is 0.664. The van der Waals surface area contributed by atoms with Crippen molar-refractivity contribution in [3.05, 3.63) is 41.6 Å². The van der Waals surface area contributed by atoms with Crippen LogP contribution in [0.25, 0.3) is 5.69 Å². The second kappa shape index (κ2) is 6.95. The van der Waals surface area contributed by atoms with Gasteiger partial charge in [-0.05, 0) is 37.8 Å². The molecule has 0 amide bonds. The summed E-state index contributed by atoms with van der Waals surface area (Å²) in [6.45, 7) is 8.45. The Bertz CT molecular complexity index is 546. The Morgan fingerprint density at radius 2 is 1.95 bits per heavy atom. The largest absolute Gasteiger partial charge is 0.312 e. The first-order valence-electron chi connectivity index (χ1n) is 7.02. The molecule has 0 saturated heterocycles. The zero-order chi connectivity index (χ0) is 14.5. The number of benzene rings is 1. The number of hydrogen-bond donors (Lipinski definition) is 1. The first-order valence-corrected chi connectivity index (χ1v) is 8.24. The molecule has 1 aromatic carbocycles. The Kier molecular flexibility index (Phi) is 5.26. The first-order chi connectivity index (χ1) is 9.63. The highest BCUT2D eigenvalue weighted by molar-refractivity contribution is 7.98. The minimum Gasteiger partial charge on any atom is -0.312 e. The van der Waals surface area contributed by atoms with E-state index in [0.29, 0.717) is 5.92 Å². The number of aromatic nitrogens is 2. The predicted molar refractivity (Wildman–Crippen MR) is 86.6 cm³/mol. The number of thioether (sulfide) groups is 1. The quantitative estimate of drug-likeness (QED) is 0.823. The molecule has 4 heteroatoms. The molecule has 3 nitrogen and oxygen atoms in total. The molecule has 2 rings (SSSR count). The lowest BCUT2D eigenvalue weighted by molar-refractivity contribution is 0.548. The Morgan fingerprint density at radius 1 is 1.25 bits per heavy atom. The van der Waals surface area contributed by atoms with Crippen molar-refractivity contribution in [3.63, 3.8) is 0 Å². The van der Waals surface area contributed by atoms with E-state index in [1.165, 1.54) is 10.6 Å². The van der Waals surface area contributed by atoms with Gasteiger partial charge in [-0.25, -0.2) is 4.68 Å². The van der Waals surface area contributed by atoms with Gasteiger partial charge < -0.3 is 5.32 Å². The van der Waals surface area contributed by atoms with Gasteiger partial charge in [0.2, 0.25) is 0 Å². The van der Waals surface area contributed by atoms with E-state index in [4.69, 9.17) is 5.10 Å². The molecule has 2 aromatic rings. The van der Waals surface area contributed by atoms with Gasteiger partial charge >= 0.3 is 0 Å². The molecule has 0 atom stereocenters. The third kappa shape index (κ3) is 3.44. The fraction of sp³-hybridized carbons (Fsp3) is 0.438. The van der Waals surface area contributed by atoms with Crippen molar-refractivity contribution in [2.45, 2.75) is 32.3 Å². The van der Waals surface area contributed by atoms with Crippen LogP contribution < -0.4 is 5.32 Å². The Labute approximate surface area is 125 Å². The maximum Gasteiger partial charge on any atom is 0.104 e. The van der Waals surface area contributed by atoms with Crippen molar-refractivity contribution in [2.24, 2.45) is 5.92 Å². The van der Waals surface area contributed by atoms with E-state index in [9.17, 15) is 0 Å². The van der Waals surface area contributed by atoms with Crippen molar-refractivity contribution in [1.29, 1.82) is 0 Å². The van der Waals surface area contributed by atoms with Crippen LogP contribution in [0.3, 0.4) is 0 Å². The Hall–Kier alpha value is -1.26. The molecule has 108 valence electrons. The summed E-state index contributed by atoms with van der Waals surface area (Å²) >= 11 is 1.76. The van der Waals surface area contributed by atoms with Gasteiger partial charge in [0, 0.05) is 12.1 Å². The molecule has 0 aliphatic rings. The molecule has 0 aliphatic carbocycles. The SMILES string of the molecule is CSc1c(CNCC(C)C)c(C)nn1-c1ccccc1. The van der Waals surface area contributed by atoms with Crippen LogP contribution in [0, 0.1) is 12.8 Å². The highest BCUT2D eigenvalue weighted by atomic mass is 32.2. The lowest BCUT2D eigenvalue weighted by atomic mass is 10.2. The van der Waals surface area contributed by atoms with Crippen LogP contribution in [-0.4, -0.2) is 22.6 Å². The van der Waals surface area contributed by atoms with Crippen LogP contribution in [0.4, 0.5) is 0 Å². The molecule has 1 aromatic heterocycles. The molecular weight excluding hydrogens is 266 g/mol.